The number of hydrogen-bond donors (Lipinski definition) is 1. The van der Waals surface area contributed by atoms with Gasteiger partial charge in [-0.15, -0.1) is 0 Å². The van der Waals surface area contributed by atoms with Gasteiger partial charge in [0.05, 0.1) is 12.4 Å². The summed E-state index contributed by atoms with van der Waals surface area (Å²) in [6.45, 7) is 4.79. The molecule has 4 aliphatic carbocycles. The van der Waals surface area contributed by atoms with Crippen LogP contribution in [0.25, 0.3) is 0 Å². The van der Waals surface area contributed by atoms with Gasteiger partial charge >= 0.3 is 5.97 Å². The molecule has 6 nitrogen and oxygen atoms in total. The van der Waals surface area contributed by atoms with Gasteiger partial charge in [0.1, 0.15) is 12.2 Å². The van der Waals surface area contributed by atoms with E-state index in [0.29, 0.717) is 11.8 Å². The maximum Gasteiger partial charge on any atom is 0.375 e. The molecule has 5 rings (SSSR count). The summed E-state index contributed by atoms with van der Waals surface area (Å²) in [7, 11) is 0. The van der Waals surface area contributed by atoms with Crippen LogP contribution < -0.4 is 0 Å². The van der Waals surface area contributed by atoms with Gasteiger partial charge in [-0.3, -0.25) is 9.59 Å². The Balaban J connectivity index is 1.64. The number of ether oxygens (including phenoxy) is 1. The average Bonchev–Trinajstić information content (AvgIpc) is 3.45. The Labute approximate surface area is 216 Å². The lowest BCUT2D eigenvalue weighted by Gasteiger charge is -2.63. The first-order valence-corrected chi connectivity index (χ1v) is 13.3. The number of alkyl halides is 3. The van der Waals surface area contributed by atoms with Crippen LogP contribution in [-0.4, -0.2) is 51.5 Å². The summed E-state index contributed by atoms with van der Waals surface area (Å²) in [5.41, 5.74) is -7.19. The zero-order valence-electron chi connectivity index (χ0n) is 20.7. The van der Waals surface area contributed by atoms with E-state index in [4.69, 9.17) is 9.15 Å². The predicted molar refractivity (Wildman–Crippen MR) is 129 cm³/mol. The standard InChI is InChI=1S/C27H29F3O6S/c1-14-9-16-17-11-19(29)18-10-15(31)6-7-24(18,2)26(17,30)21(32)12-25(16,3)27(14,23(34)37-13-28)36-22(33)20-5-4-8-35-20/h4-8,10,14,16-17,19,21,32H,9,11-13H2,1-3H3/t14?,16?,17-,19?,21-,24+,25-,26?,27?/m0/s1. The molecule has 5 unspecified atom stereocenters. The zero-order valence-corrected chi connectivity index (χ0v) is 21.5. The molecule has 1 aromatic rings. The molecular weight excluding hydrogens is 509 g/mol. The molecule has 0 bridgehead atoms. The molecule has 0 radical (unpaired) electrons. The SMILES string of the molecule is CC1CC2[C@@H]3CC(F)C4=CC(=O)C=C[C@@]4(C)C3(F)[C@@H](O)C[C@]2(C)C1(OC(=O)c1ccco1)C(=O)SCF. The van der Waals surface area contributed by atoms with Crippen LogP contribution in [0.4, 0.5) is 13.2 Å². The fourth-order valence-electron chi connectivity index (χ4n) is 7.97. The maximum atomic E-state index is 17.4. The maximum absolute atomic E-state index is 17.4. The Morgan fingerprint density at radius 1 is 1.27 bits per heavy atom. The number of thioether (sulfide) groups is 1. The number of furan rings is 1. The summed E-state index contributed by atoms with van der Waals surface area (Å²) in [5.74, 6) is -3.98. The van der Waals surface area contributed by atoms with E-state index in [9.17, 15) is 23.9 Å². The monoisotopic (exact) mass is 538 g/mol. The van der Waals surface area contributed by atoms with Crippen LogP contribution in [0, 0.1) is 28.6 Å². The van der Waals surface area contributed by atoms with E-state index < -0.39 is 75.0 Å². The van der Waals surface area contributed by atoms with E-state index in [2.05, 4.69) is 0 Å². The normalized spacial score (nSPS) is 44.5. The topological polar surface area (TPSA) is 93.8 Å². The van der Waals surface area contributed by atoms with Crippen molar-refractivity contribution in [2.45, 2.75) is 63.6 Å². The summed E-state index contributed by atoms with van der Waals surface area (Å²) >= 11 is 0.352. The predicted octanol–water partition coefficient (Wildman–Crippen LogP) is 4.93. The number of carbonyl (C=O) groups is 3. The number of hydrogen-bond acceptors (Lipinski definition) is 7. The smallest absolute Gasteiger partial charge is 0.375 e. The van der Waals surface area contributed by atoms with E-state index in [1.165, 1.54) is 37.5 Å². The van der Waals surface area contributed by atoms with Crippen LogP contribution in [0.15, 0.2) is 46.6 Å². The largest absolute Gasteiger partial charge is 0.457 e. The minimum Gasteiger partial charge on any atom is -0.457 e. The van der Waals surface area contributed by atoms with Crippen LogP contribution in [0.1, 0.15) is 50.6 Å². The highest BCUT2D eigenvalue weighted by Gasteiger charge is 2.78. The van der Waals surface area contributed by atoms with Crippen molar-refractivity contribution < 1.29 is 41.8 Å². The van der Waals surface area contributed by atoms with Crippen LogP contribution in [0.2, 0.25) is 0 Å². The molecule has 37 heavy (non-hydrogen) atoms. The van der Waals surface area contributed by atoms with Crippen molar-refractivity contribution in [3.8, 4) is 0 Å². The molecule has 0 aromatic carbocycles. The van der Waals surface area contributed by atoms with Gasteiger partial charge in [-0.1, -0.05) is 19.9 Å². The van der Waals surface area contributed by atoms with Gasteiger partial charge in [0.15, 0.2) is 17.1 Å². The van der Waals surface area contributed by atoms with Crippen LogP contribution in [-0.2, 0) is 14.3 Å². The molecule has 4 aliphatic rings. The second-order valence-corrected chi connectivity index (χ2v) is 12.0. The fourth-order valence-corrected chi connectivity index (χ4v) is 8.76. The van der Waals surface area contributed by atoms with Crippen molar-refractivity contribution >= 4 is 28.6 Å². The lowest BCUT2D eigenvalue weighted by Crippen LogP contribution is -2.70. The number of ketones is 1. The molecule has 0 amide bonds. The zero-order chi connectivity index (χ0) is 27.0. The van der Waals surface area contributed by atoms with E-state index in [1.54, 1.807) is 13.8 Å². The Hall–Kier alpha value is -2.33. The summed E-state index contributed by atoms with van der Waals surface area (Å²) < 4.78 is 57.5. The van der Waals surface area contributed by atoms with Crippen molar-refractivity contribution in [3.63, 3.8) is 0 Å². The van der Waals surface area contributed by atoms with Gasteiger partial charge in [0.2, 0.25) is 10.9 Å². The van der Waals surface area contributed by atoms with Crippen molar-refractivity contribution in [1.82, 2.24) is 0 Å². The van der Waals surface area contributed by atoms with Crippen molar-refractivity contribution in [2.75, 3.05) is 6.01 Å². The van der Waals surface area contributed by atoms with Gasteiger partial charge in [-0.25, -0.2) is 18.0 Å². The molecule has 1 aromatic heterocycles. The quantitative estimate of drug-likeness (QED) is 0.544. The van der Waals surface area contributed by atoms with Crippen LogP contribution >= 0.6 is 11.8 Å². The van der Waals surface area contributed by atoms with E-state index in [1.807, 2.05) is 0 Å². The van der Waals surface area contributed by atoms with Crippen molar-refractivity contribution in [3.05, 3.63) is 48.0 Å². The van der Waals surface area contributed by atoms with Crippen molar-refractivity contribution in [1.29, 1.82) is 0 Å². The molecule has 3 saturated carbocycles. The number of aliphatic hydroxyl groups is 1. The molecule has 10 heteroatoms. The second kappa shape index (κ2) is 8.59. The molecule has 9 atom stereocenters. The highest BCUT2D eigenvalue weighted by Crippen LogP contribution is 2.72. The lowest BCUT2D eigenvalue weighted by atomic mass is 9.44. The molecule has 1 N–H and O–H groups in total. The summed E-state index contributed by atoms with van der Waals surface area (Å²) in [4.78, 5) is 38.7. The Kier molecular flexibility index (Phi) is 6.10. The van der Waals surface area contributed by atoms with Gasteiger partial charge in [0, 0.05) is 22.7 Å². The Bertz CT molecular complexity index is 1200. The van der Waals surface area contributed by atoms with Gasteiger partial charge in [-0.05, 0) is 73.7 Å². The number of allylic oxidation sites excluding steroid dienone is 4. The van der Waals surface area contributed by atoms with E-state index in [0.717, 1.165) is 6.08 Å². The third kappa shape index (κ3) is 3.27. The molecular formula is C27H29F3O6S. The summed E-state index contributed by atoms with van der Waals surface area (Å²) in [6.07, 6.45) is 1.16. The van der Waals surface area contributed by atoms with E-state index in [-0.39, 0.29) is 30.6 Å². The average molecular weight is 539 g/mol. The third-order valence-corrected chi connectivity index (χ3v) is 10.3. The van der Waals surface area contributed by atoms with Crippen LogP contribution in [0.3, 0.4) is 0 Å². The minimum absolute atomic E-state index is 0.00739. The second-order valence-electron chi connectivity index (χ2n) is 11.1. The van der Waals surface area contributed by atoms with Gasteiger partial charge in [0.25, 0.3) is 0 Å². The Morgan fingerprint density at radius 2 is 2.00 bits per heavy atom. The number of halogens is 3. The van der Waals surface area contributed by atoms with Gasteiger partial charge < -0.3 is 14.3 Å². The minimum atomic E-state index is -2.35. The van der Waals surface area contributed by atoms with Crippen LogP contribution in [0.5, 0.6) is 0 Å². The number of carbonyl (C=O) groups excluding carboxylic acids is 3. The molecule has 0 saturated heterocycles. The molecule has 0 aliphatic heterocycles. The highest BCUT2D eigenvalue weighted by molar-refractivity contribution is 8.13. The fraction of sp³-hybridized carbons (Fsp3) is 0.593. The Morgan fingerprint density at radius 3 is 2.65 bits per heavy atom. The number of fused-ring (bicyclic) bond motifs is 5. The number of esters is 1. The third-order valence-electron chi connectivity index (χ3n) is 9.63. The molecule has 0 spiro atoms. The van der Waals surface area contributed by atoms with Crippen molar-refractivity contribution in [2.24, 2.45) is 28.6 Å². The highest BCUT2D eigenvalue weighted by atomic mass is 32.2. The molecule has 3 fully saturated rings. The number of rotatable bonds is 4. The molecule has 1 heterocycles. The summed E-state index contributed by atoms with van der Waals surface area (Å²) in [6, 6.07) is 1.78. The first-order chi connectivity index (χ1) is 17.4. The molecule has 200 valence electrons. The summed E-state index contributed by atoms with van der Waals surface area (Å²) in [5, 5.41) is 10.7. The first kappa shape index (κ1) is 26.3. The first-order valence-electron chi connectivity index (χ1n) is 12.3. The van der Waals surface area contributed by atoms with E-state index >= 15 is 8.78 Å². The van der Waals surface area contributed by atoms with Gasteiger partial charge in [-0.2, -0.15) is 0 Å². The number of aliphatic hydroxyl groups excluding tert-OH is 1. The lowest BCUT2D eigenvalue weighted by molar-refractivity contribution is -0.221.